The van der Waals surface area contributed by atoms with Crippen molar-refractivity contribution in [2.45, 2.75) is 31.6 Å². The summed E-state index contributed by atoms with van der Waals surface area (Å²) >= 11 is 0. The Morgan fingerprint density at radius 1 is 1.28 bits per heavy atom. The van der Waals surface area contributed by atoms with Crippen LogP contribution in [0, 0.1) is 11.7 Å². The Morgan fingerprint density at radius 2 is 2.06 bits per heavy atom. The van der Waals surface area contributed by atoms with E-state index < -0.39 is 0 Å². The van der Waals surface area contributed by atoms with E-state index in [2.05, 4.69) is 9.97 Å². The molecule has 18 heavy (non-hydrogen) atoms. The molecule has 0 bridgehead atoms. The van der Waals surface area contributed by atoms with E-state index in [1.807, 2.05) is 6.07 Å². The zero-order valence-corrected chi connectivity index (χ0v) is 10.3. The highest BCUT2D eigenvalue weighted by Gasteiger charge is 2.24. The second kappa shape index (κ2) is 4.69. The average Bonchev–Trinajstić information content (AvgIpc) is 2.84. The number of hydrogen-bond donors (Lipinski definition) is 2. The molecule has 0 amide bonds. The number of fused-ring (bicyclic) bond motifs is 1. The van der Waals surface area contributed by atoms with Gasteiger partial charge in [0.25, 0.3) is 0 Å². The molecule has 3 N–H and O–H groups in total. The van der Waals surface area contributed by atoms with Gasteiger partial charge < -0.3 is 10.7 Å². The highest BCUT2D eigenvalue weighted by molar-refractivity contribution is 5.75. The smallest absolute Gasteiger partial charge is 0.151 e. The number of nitrogens with zero attached hydrogens (tertiary/aromatic N) is 1. The van der Waals surface area contributed by atoms with Crippen molar-refractivity contribution in [3.63, 3.8) is 0 Å². The SMILES string of the molecule is NCC1CCC(c2nc3c(F)cccc3[nH]2)CC1. The zero-order chi connectivity index (χ0) is 12.5. The summed E-state index contributed by atoms with van der Waals surface area (Å²) in [6.45, 7) is 0.779. The number of hydrogen-bond acceptors (Lipinski definition) is 2. The van der Waals surface area contributed by atoms with Crippen LogP contribution < -0.4 is 5.73 Å². The minimum Gasteiger partial charge on any atom is -0.342 e. The van der Waals surface area contributed by atoms with Crippen molar-refractivity contribution in [2.75, 3.05) is 6.54 Å². The molecule has 0 spiro atoms. The van der Waals surface area contributed by atoms with Gasteiger partial charge in [-0.1, -0.05) is 6.07 Å². The molecule has 0 aliphatic heterocycles. The monoisotopic (exact) mass is 247 g/mol. The van der Waals surface area contributed by atoms with Crippen LogP contribution in [0.1, 0.15) is 37.4 Å². The summed E-state index contributed by atoms with van der Waals surface area (Å²) in [5, 5.41) is 0. The molecule has 96 valence electrons. The summed E-state index contributed by atoms with van der Waals surface area (Å²) < 4.78 is 13.6. The molecule has 1 aromatic heterocycles. The second-order valence-corrected chi connectivity index (χ2v) is 5.21. The third-order valence-corrected chi connectivity index (χ3v) is 4.05. The Kier molecular flexibility index (Phi) is 3.04. The van der Waals surface area contributed by atoms with Gasteiger partial charge in [-0.3, -0.25) is 0 Å². The number of aromatic amines is 1. The van der Waals surface area contributed by atoms with E-state index in [4.69, 9.17) is 5.73 Å². The highest BCUT2D eigenvalue weighted by Crippen LogP contribution is 2.34. The van der Waals surface area contributed by atoms with Crippen LogP contribution in [-0.2, 0) is 0 Å². The van der Waals surface area contributed by atoms with Crippen molar-refractivity contribution in [1.29, 1.82) is 0 Å². The van der Waals surface area contributed by atoms with Gasteiger partial charge in [0.15, 0.2) is 5.82 Å². The molecule has 0 saturated heterocycles. The van der Waals surface area contributed by atoms with E-state index in [1.165, 1.54) is 6.07 Å². The molecule has 0 atom stereocenters. The third kappa shape index (κ3) is 2.01. The number of aromatic nitrogens is 2. The molecule has 3 rings (SSSR count). The van der Waals surface area contributed by atoms with Crippen molar-refractivity contribution in [2.24, 2.45) is 11.7 Å². The van der Waals surface area contributed by atoms with Crippen molar-refractivity contribution < 1.29 is 4.39 Å². The number of nitrogens with one attached hydrogen (secondary N) is 1. The van der Waals surface area contributed by atoms with Gasteiger partial charge in [-0.2, -0.15) is 0 Å². The molecule has 2 aromatic rings. The van der Waals surface area contributed by atoms with Crippen LogP contribution in [0.4, 0.5) is 4.39 Å². The molecular weight excluding hydrogens is 229 g/mol. The molecule has 1 fully saturated rings. The summed E-state index contributed by atoms with van der Waals surface area (Å²) in [5.41, 5.74) is 6.96. The topological polar surface area (TPSA) is 54.7 Å². The van der Waals surface area contributed by atoms with Gasteiger partial charge in [-0.25, -0.2) is 9.37 Å². The van der Waals surface area contributed by atoms with Crippen LogP contribution in [0.3, 0.4) is 0 Å². The van der Waals surface area contributed by atoms with E-state index in [0.29, 0.717) is 17.4 Å². The lowest BCUT2D eigenvalue weighted by atomic mass is 9.82. The molecule has 0 radical (unpaired) electrons. The number of para-hydroxylation sites is 1. The van der Waals surface area contributed by atoms with Crippen molar-refractivity contribution in [1.82, 2.24) is 9.97 Å². The normalized spacial score (nSPS) is 24.6. The fourth-order valence-corrected chi connectivity index (χ4v) is 2.88. The Labute approximate surface area is 106 Å². The number of imidazole rings is 1. The van der Waals surface area contributed by atoms with Crippen LogP contribution in [0.25, 0.3) is 11.0 Å². The van der Waals surface area contributed by atoms with Crippen LogP contribution in [0.5, 0.6) is 0 Å². The van der Waals surface area contributed by atoms with Crippen molar-refractivity contribution in [3.8, 4) is 0 Å². The molecule has 0 unspecified atom stereocenters. The highest BCUT2D eigenvalue weighted by atomic mass is 19.1. The quantitative estimate of drug-likeness (QED) is 0.857. The average molecular weight is 247 g/mol. The molecule has 1 saturated carbocycles. The number of benzene rings is 1. The molecule has 3 nitrogen and oxygen atoms in total. The van der Waals surface area contributed by atoms with Crippen molar-refractivity contribution in [3.05, 3.63) is 29.8 Å². The molecule has 1 aromatic carbocycles. The minimum absolute atomic E-state index is 0.245. The number of H-pyrrole nitrogens is 1. The van der Waals surface area contributed by atoms with E-state index in [0.717, 1.165) is 43.6 Å². The van der Waals surface area contributed by atoms with Crippen LogP contribution in [0.2, 0.25) is 0 Å². The summed E-state index contributed by atoms with van der Waals surface area (Å²) in [6.07, 6.45) is 4.51. The summed E-state index contributed by atoms with van der Waals surface area (Å²) in [7, 11) is 0. The standard InChI is InChI=1S/C14H18FN3/c15-11-2-1-3-12-13(11)18-14(17-12)10-6-4-9(8-16)5-7-10/h1-3,9-10H,4-8,16H2,(H,17,18). The van der Waals surface area contributed by atoms with Gasteiger partial charge in [-0.15, -0.1) is 0 Å². The van der Waals surface area contributed by atoms with Gasteiger partial charge in [0, 0.05) is 5.92 Å². The maximum absolute atomic E-state index is 13.6. The Hall–Kier alpha value is -1.42. The van der Waals surface area contributed by atoms with Gasteiger partial charge in [0.2, 0.25) is 0 Å². The van der Waals surface area contributed by atoms with Gasteiger partial charge in [0.1, 0.15) is 11.3 Å². The molecule has 1 aliphatic carbocycles. The Bertz CT molecular complexity index is 541. The Morgan fingerprint density at radius 3 is 2.72 bits per heavy atom. The maximum Gasteiger partial charge on any atom is 0.151 e. The lowest BCUT2D eigenvalue weighted by molar-refractivity contribution is 0.326. The summed E-state index contributed by atoms with van der Waals surface area (Å²) in [4.78, 5) is 7.68. The fraction of sp³-hybridized carbons (Fsp3) is 0.500. The first kappa shape index (κ1) is 11.7. The molecule has 4 heteroatoms. The lowest BCUT2D eigenvalue weighted by Gasteiger charge is -2.26. The largest absolute Gasteiger partial charge is 0.342 e. The molecular formula is C14H18FN3. The van der Waals surface area contributed by atoms with Gasteiger partial charge >= 0.3 is 0 Å². The van der Waals surface area contributed by atoms with E-state index >= 15 is 0 Å². The summed E-state index contributed by atoms with van der Waals surface area (Å²) in [5.74, 6) is 1.78. The first-order valence-electron chi connectivity index (χ1n) is 6.62. The lowest BCUT2D eigenvalue weighted by Crippen LogP contribution is -2.21. The fourth-order valence-electron chi connectivity index (χ4n) is 2.88. The van der Waals surface area contributed by atoms with Gasteiger partial charge in [0.05, 0.1) is 5.52 Å². The predicted molar refractivity (Wildman–Crippen MR) is 69.8 cm³/mol. The predicted octanol–water partition coefficient (Wildman–Crippen LogP) is 2.93. The van der Waals surface area contributed by atoms with Crippen LogP contribution in [0.15, 0.2) is 18.2 Å². The first-order chi connectivity index (χ1) is 8.78. The molecule has 1 heterocycles. The second-order valence-electron chi connectivity index (χ2n) is 5.21. The number of halogens is 1. The third-order valence-electron chi connectivity index (χ3n) is 4.05. The van der Waals surface area contributed by atoms with Crippen LogP contribution >= 0.6 is 0 Å². The minimum atomic E-state index is -0.245. The van der Waals surface area contributed by atoms with E-state index in [1.54, 1.807) is 6.07 Å². The maximum atomic E-state index is 13.6. The van der Waals surface area contributed by atoms with Gasteiger partial charge in [-0.05, 0) is 50.3 Å². The first-order valence-corrected chi connectivity index (χ1v) is 6.62. The van der Waals surface area contributed by atoms with E-state index in [-0.39, 0.29) is 5.82 Å². The summed E-state index contributed by atoms with van der Waals surface area (Å²) in [6, 6.07) is 5.05. The van der Waals surface area contributed by atoms with Crippen LogP contribution in [-0.4, -0.2) is 16.5 Å². The number of nitrogens with two attached hydrogens (primary N) is 1. The van der Waals surface area contributed by atoms with Crippen molar-refractivity contribution >= 4 is 11.0 Å². The molecule has 1 aliphatic rings. The Balaban J connectivity index is 1.85. The van der Waals surface area contributed by atoms with E-state index in [9.17, 15) is 4.39 Å². The zero-order valence-electron chi connectivity index (χ0n) is 10.3. The number of rotatable bonds is 2.